The van der Waals surface area contributed by atoms with Crippen molar-refractivity contribution in [2.75, 3.05) is 0 Å². The Morgan fingerprint density at radius 2 is 0.912 bits per heavy atom. The molecule has 0 atom stereocenters. The molecule has 0 spiro atoms. The van der Waals surface area contributed by atoms with Crippen LogP contribution in [0.25, 0.3) is 122 Å². The van der Waals surface area contributed by atoms with Gasteiger partial charge in [0.25, 0.3) is 0 Å². The molecular formula is C50H28N4O3. The second-order valence-corrected chi connectivity index (χ2v) is 14.1. The van der Waals surface area contributed by atoms with Crippen molar-refractivity contribution in [3.63, 3.8) is 0 Å². The number of aromatic nitrogens is 4. The zero-order chi connectivity index (χ0) is 37.5. The highest BCUT2D eigenvalue weighted by Crippen LogP contribution is 2.46. The van der Waals surface area contributed by atoms with Crippen molar-refractivity contribution in [3.05, 3.63) is 170 Å². The number of hydrogen-bond donors (Lipinski definition) is 0. The summed E-state index contributed by atoms with van der Waals surface area (Å²) in [6.45, 7) is 0. The van der Waals surface area contributed by atoms with Crippen LogP contribution in [0.5, 0.6) is 0 Å². The van der Waals surface area contributed by atoms with E-state index in [1.54, 1.807) is 0 Å². The molecule has 0 saturated heterocycles. The standard InChI is InChI=1S/C50H28N4O3/c1-3-14-29(15-4-1)47-52-48(54-49(53-47)37-22-13-25-42-43(37)36-21-10-12-24-41(36)55-42)35-27-26-34(31-18-7-8-19-32(31)35)44-45-38(33-20-9-11-23-40(33)56-45)28-39-46(44)57-50(51-39)30-16-5-2-6-17-30/h1-28H. The first kappa shape index (κ1) is 31.5. The largest absolute Gasteiger partial charge is 0.456 e. The van der Waals surface area contributed by atoms with Crippen LogP contribution < -0.4 is 0 Å². The molecule has 7 nitrogen and oxygen atoms in total. The Morgan fingerprint density at radius 1 is 0.333 bits per heavy atom. The van der Waals surface area contributed by atoms with Gasteiger partial charge in [0, 0.05) is 43.8 Å². The van der Waals surface area contributed by atoms with Crippen LogP contribution in [-0.4, -0.2) is 19.9 Å². The van der Waals surface area contributed by atoms with E-state index in [4.69, 9.17) is 33.2 Å². The SMILES string of the molecule is c1ccc(-c2nc(-c3ccc(-c4c5oc(-c6ccccc6)nc5cc5c4oc4ccccc45)c4ccccc34)nc(-c3cccc4oc5ccccc5c34)n2)cc1. The van der Waals surface area contributed by atoms with E-state index in [1.807, 2.05) is 115 Å². The third kappa shape index (κ3) is 4.92. The minimum Gasteiger partial charge on any atom is -0.456 e. The number of furan rings is 2. The fourth-order valence-corrected chi connectivity index (χ4v) is 8.20. The summed E-state index contributed by atoms with van der Waals surface area (Å²) >= 11 is 0. The lowest BCUT2D eigenvalue weighted by Crippen LogP contribution is -2.01. The Labute approximate surface area is 324 Å². The van der Waals surface area contributed by atoms with E-state index < -0.39 is 0 Å². The maximum atomic E-state index is 6.68. The maximum absolute atomic E-state index is 6.68. The summed E-state index contributed by atoms with van der Waals surface area (Å²) in [5, 5.41) is 5.94. The lowest BCUT2D eigenvalue weighted by molar-refractivity contribution is 0.619. The summed E-state index contributed by atoms with van der Waals surface area (Å²) in [6.07, 6.45) is 0. The van der Waals surface area contributed by atoms with E-state index in [9.17, 15) is 0 Å². The van der Waals surface area contributed by atoms with Crippen molar-refractivity contribution >= 4 is 65.7 Å². The molecule has 0 bridgehead atoms. The summed E-state index contributed by atoms with van der Waals surface area (Å²) in [5.74, 6) is 2.26. The summed E-state index contributed by atoms with van der Waals surface area (Å²) in [4.78, 5) is 20.5. The lowest BCUT2D eigenvalue weighted by Gasteiger charge is -2.13. The molecule has 7 heteroatoms. The number of benzene rings is 8. The van der Waals surface area contributed by atoms with Gasteiger partial charge in [-0.2, -0.15) is 0 Å². The van der Waals surface area contributed by atoms with Crippen LogP contribution in [-0.2, 0) is 0 Å². The Kier molecular flexibility index (Phi) is 6.79. The van der Waals surface area contributed by atoms with Gasteiger partial charge in [0.1, 0.15) is 27.8 Å². The quantitative estimate of drug-likeness (QED) is 0.174. The highest BCUT2D eigenvalue weighted by molar-refractivity contribution is 6.20. The van der Waals surface area contributed by atoms with Crippen molar-refractivity contribution in [3.8, 4) is 56.7 Å². The second kappa shape index (κ2) is 12.3. The van der Waals surface area contributed by atoms with Gasteiger partial charge >= 0.3 is 0 Å². The predicted octanol–water partition coefficient (Wildman–Crippen LogP) is 13.3. The van der Waals surface area contributed by atoms with Gasteiger partial charge in [0.2, 0.25) is 5.89 Å². The molecule has 4 aromatic heterocycles. The predicted molar refractivity (Wildman–Crippen MR) is 227 cm³/mol. The van der Waals surface area contributed by atoms with E-state index in [0.717, 1.165) is 93.5 Å². The van der Waals surface area contributed by atoms with E-state index >= 15 is 0 Å². The molecule has 12 rings (SSSR count). The first-order valence-corrected chi connectivity index (χ1v) is 18.8. The number of nitrogens with zero attached hydrogens (tertiary/aromatic N) is 4. The van der Waals surface area contributed by atoms with Crippen molar-refractivity contribution in [1.82, 2.24) is 19.9 Å². The minimum atomic E-state index is 0.552. The number of fused-ring (bicyclic) bond motifs is 8. The topological polar surface area (TPSA) is 91.0 Å². The first-order chi connectivity index (χ1) is 28.2. The van der Waals surface area contributed by atoms with Crippen molar-refractivity contribution in [2.45, 2.75) is 0 Å². The molecule has 0 aliphatic rings. The van der Waals surface area contributed by atoms with Gasteiger partial charge in [-0.25, -0.2) is 19.9 Å². The molecule has 8 aromatic carbocycles. The van der Waals surface area contributed by atoms with Crippen LogP contribution in [0.1, 0.15) is 0 Å². The van der Waals surface area contributed by atoms with E-state index in [1.165, 1.54) is 0 Å². The van der Waals surface area contributed by atoms with E-state index in [2.05, 4.69) is 54.6 Å². The minimum absolute atomic E-state index is 0.552. The van der Waals surface area contributed by atoms with Crippen LogP contribution in [0.2, 0.25) is 0 Å². The number of para-hydroxylation sites is 2. The van der Waals surface area contributed by atoms with Gasteiger partial charge in [-0.1, -0.05) is 127 Å². The third-order valence-electron chi connectivity index (χ3n) is 10.8. The summed E-state index contributed by atoms with van der Waals surface area (Å²) in [7, 11) is 0. The number of oxazole rings is 1. The van der Waals surface area contributed by atoms with Crippen LogP contribution in [0.15, 0.2) is 183 Å². The number of hydrogen-bond acceptors (Lipinski definition) is 7. The van der Waals surface area contributed by atoms with Gasteiger partial charge in [0.15, 0.2) is 23.1 Å². The van der Waals surface area contributed by atoms with Crippen molar-refractivity contribution < 1.29 is 13.3 Å². The second-order valence-electron chi connectivity index (χ2n) is 14.1. The summed E-state index contributed by atoms with van der Waals surface area (Å²) in [6, 6.07) is 56.9. The molecule has 4 heterocycles. The average molecular weight is 733 g/mol. The Morgan fingerprint density at radius 3 is 1.68 bits per heavy atom. The molecule has 0 unspecified atom stereocenters. The highest BCUT2D eigenvalue weighted by atomic mass is 16.4. The molecular weight excluding hydrogens is 705 g/mol. The molecule has 0 amide bonds. The molecule has 0 aliphatic carbocycles. The number of rotatable bonds is 5. The van der Waals surface area contributed by atoms with Crippen LogP contribution in [0.3, 0.4) is 0 Å². The zero-order valence-electron chi connectivity index (χ0n) is 30.2. The van der Waals surface area contributed by atoms with Gasteiger partial charge in [0.05, 0.1) is 5.56 Å². The fraction of sp³-hybridized carbons (Fsp3) is 0. The zero-order valence-corrected chi connectivity index (χ0v) is 30.2. The van der Waals surface area contributed by atoms with E-state index in [-0.39, 0.29) is 0 Å². The van der Waals surface area contributed by atoms with Gasteiger partial charge < -0.3 is 13.3 Å². The van der Waals surface area contributed by atoms with Gasteiger partial charge in [-0.15, -0.1) is 0 Å². The smallest absolute Gasteiger partial charge is 0.227 e. The Hall–Kier alpha value is -7.90. The molecule has 0 fully saturated rings. The summed E-state index contributed by atoms with van der Waals surface area (Å²) in [5.41, 5.74) is 9.89. The van der Waals surface area contributed by atoms with Crippen LogP contribution >= 0.6 is 0 Å². The maximum Gasteiger partial charge on any atom is 0.227 e. The molecule has 57 heavy (non-hydrogen) atoms. The third-order valence-corrected chi connectivity index (χ3v) is 10.8. The molecule has 266 valence electrons. The Bertz CT molecular complexity index is 3530. The monoisotopic (exact) mass is 732 g/mol. The van der Waals surface area contributed by atoms with Gasteiger partial charge in [-0.3, -0.25) is 0 Å². The molecule has 12 aromatic rings. The van der Waals surface area contributed by atoms with Crippen molar-refractivity contribution in [2.24, 2.45) is 0 Å². The van der Waals surface area contributed by atoms with E-state index in [0.29, 0.717) is 28.9 Å². The molecule has 0 saturated carbocycles. The Balaban J connectivity index is 1.12. The molecule has 0 aliphatic heterocycles. The normalized spacial score (nSPS) is 11.9. The molecule has 0 radical (unpaired) electrons. The highest BCUT2D eigenvalue weighted by Gasteiger charge is 2.24. The lowest BCUT2D eigenvalue weighted by atomic mass is 9.93. The average Bonchev–Trinajstić information content (AvgIpc) is 3.99. The fourth-order valence-electron chi connectivity index (χ4n) is 8.20. The van der Waals surface area contributed by atoms with Crippen molar-refractivity contribution in [1.29, 1.82) is 0 Å². The molecule has 0 N–H and O–H groups in total. The first-order valence-electron chi connectivity index (χ1n) is 18.8. The summed E-state index contributed by atoms with van der Waals surface area (Å²) < 4.78 is 19.6. The van der Waals surface area contributed by atoms with Crippen LogP contribution in [0, 0.1) is 0 Å². The van der Waals surface area contributed by atoms with Gasteiger partial charge in [-0.05, 0) is 58.8 Å². The van der Waals surface area contributed by atoms with Crippen LogP contribution in [0.4, 0.5) is 0 Å².